The summed E-state index contributed by atoms with van der Waals surface area (Å²) in [4.78, 5) is 14.2. The second-order valence-corrected chi connectivity index (χ2v) is 5.79. The minimum absolute atomic E-state index is 0.140. The van der Waals surface area contributed by atoms with Crippen LogP contribution in [0.4, 0.5) is 0 Å². The maximum Gasteiger partial charge on any atom is 0.223 e. The van der Waals surface area contributed by atoms with E-state index >= 15 is 0 Å². The summed E-state index contributed by atoms with van der Waals surface area (Å²) in [5, 5.41) is 13.2. The van der Waals surface area contributed by atoms with Crippen molar-refractivity contribution < 1.29 is 9.90 Å². The average Bonchev–Trinajstić information content (AvgIpc) is 2.54. The van der Waals surface area contributed by atoms with E-state index in [0.29, 0.717) is 6.54 Å². The van der Waals surface area contributed by atoms with Gasteiger partial charge in [0.1, 0.15) is 0 Å². The Bertz CT molecular complexity index is 428. The van der Waals surface area contributed by atoms with Crippen LogP contribution in [0, 0.1) is 5.92 Å². The zero-order chi connectivity index (χ0) is 15.1. The first-order valence-electron chi connectivity index (χ1n) is 7.93. The van der Waals surface area contributed by atoms with Gasteiger partial charge in [-0.1, -0.05) is 37.3 Å². The zero-order valence-corrected chi connectivity index (χ0v) is 12.8. The Morgan fingerprint density at radius 3 is 2.62 bits per heavy atom. The molecular formula is C17H26N2O2. The minimum Gasteiger partial charge on any atom is -0.387 e. The Kier molecular flexibility index (Phi) is 6.21. The third-order valence-corrected chi connectivity index (χ3v) is 4.12. The van der Waals surface area contributed by atoms with Crippen LogP contribution in [0.15, 0.2) is 30.3 Å². The predicted molar refractivity (Wildman–Crippen MR) is 83.9 cm³/mol. The van der Waals surface area contributed by atoms with Gasteiger partial charge in [0.2, 0.25) is 5.91 Å². The first-order valence-corrected chi connectivity index (χ1v) is 7.93. The van der Waals surface area contributed by atoms with Crippen molar-refractivity contribution in [3.8, 4) is 0 Å². The molecule has 2 N–H and O–H groups in total. The molecule has 0 aliphatic carbocycles. The quantitative estimate of drug-likeness (QED) is 0.842. The summed E-state index contributed by atoms with van der Waals surface area (Å²) in [5.74, 6) is 0.335. The largest absolute Gasteiger partial charge is 0.387 e. The van der Waals surface area contributed by atoms with E-state index in [1.807, 2.05) is 30.3 Å². The molecule has 116 valence electrons. The van der Waals surface area contributed by atoms with Gasteiger partial charge >= 0.3 is 0 Å². The van der Waals surface area contributed by atoms with Crippen LogP contribution in [0.1, 0.15) is 37.9 Å². The Morgan fingerprint density at radius 2 is 2.00 bits per heavy atom. The van der Waals surface area contributed by atoms with E-state index in [1.54, 1.807) is 0 Å². The number of β-amino-alcohol motifs (C(OH)–C–C–N with tert-alkyl or cyclic N) is 1. The molecule has 1 aromatic carbocycles. The second-order valence-electron chi connectivity index (χ2n) is 5.79. The molecule has 1 aromatic rings. The number of hydrogen-bond acceptors (Lipinski definition) is 3. The van der Waals surface area contributed by atoms with Crippen LogP contribution in [0.5, 0.6) is 0 Å². The first kappa shape index (κ1) is 16.0. The lowest BCUT2D eigenvalue weighted by atomic mass is 9.95. The number of aliphatic hydroxyl groups is 1. The molecule has 21 heavy (non-hydrogen) atoms. The molecule has 0 bridgehead atoms. The van der Waals surface area contributed by atoms with E-state index in [-0.39, 0.29) is 11.8 Å². The summed E-state index contributed by atoms with van der Waals surface area (Å²) >= 11 is 0. The molecule has 1 atom stereocenters. The SMILES string of the molecule is CCCNC(=O)C1CCN(C[C@@H](O)c2ccccc2)CC1. The molecule has 1 fully saturated rings. The van der Waals surface area contributed by atoms with Crippen LogP contribution in [-0.2, 0) is 4.79 Å². The normalized spacial score (nSPS) is 18.4. The molecule has 4 heteroatoms. The van der Waals surface area contributed by atoms with Gasteiger partial charge in [-0.3, -0.25) is 4.79 Å². The van der Waals surface area contributed by atoms with E-state index in [4.69, 9.17) is 0 Å². The predicted octanol–water partition coefficient (Wildman–Crippen LogP) is 1.96. The maximum atomic E-state index is 11.9. The number of rotatable bonds is 6. The molecule has 1 saturated heterocycles. The van der Waals surface area contributed by atoms with Crippen LogP contribution < -0.4 is 5.32 Å². The zero-order valence-electron chi connectivity index (χ0n) is 12.8. The van der Waals surface area contributed by atoms with Gasteiger partial charge in [-0.25, -0.2) is 0 Å². The highest BCUT2D eigenvalue weighted by Gasteiger charge is 2.25. The highest BCUT2D eigenvalue weighted by molar-refractivity contribution is 5.78. The highest BCUT2D eigenvalue weighted by atomic mass is 16.3. The monoisotopic (exact) mass is 290 g/mol. The van der Waals surface area contributed by atoms with Crippen LogP contribution in [0.25, 0.3) is 0 Å². The van der Waals surface area contributed by atoms with Gasteiger partial charge in [0, 0.05) is 19.0 Å². The van der Waals surface area contributed by atoms with E-state index < -0.39 is 6.10 Å². The van der Waals surface area contributed by atoms with Gasteiger partial charge in [-0.2, -0.15) is 0 Å². The third-order valence-electron chi connectivity index (χ3n) is 4.12. The van der Waals surface area contributed by atoms with Crippen molar-refractivity contribution >= 4 is 5.91 Å². The Balaban J connectivity index is 1.75. The standard InChI is InChI=1S/C17H26N2O2/c1-2-10-18-17(21)15-8-11-19(12-9-15)13-16(20)14-6-4-3-5-7-14/h3-7,15-16,20H,2,8-13H2,1H3,(H,18,21)/t16-/m1/s1. The fourth-order valence-electron chi connectivity index (χ4n) is 2.80. The molecule has 1 aliphatic rings. The van der Waals surface area contributed by atoms with Crippen molar-refractivity contribution in [3.63, 3.8) is 0 Å². The number of nitrogens with one attached hydrogen (secondary N) is 1. The number of aliphatic hydroxyl groups excluding tert-OH is 1. The molecule has 4 nitrogen and oxygen atoms in total. The van der Waals surface area contributed by atoms with Crippen LogP contribution >= 0.6 is 0 Å². The van der Waals surface area contributed by atoms with Crippen molar-refractivity contribution in [2.24, 2.45) is 5.92 Å². The number of carbonyl (C=O) groups excluding carboxylic acids is 1. The summed E-state index contributed by atoms with van der Waals surface area (Å²) in [6.45, 7) is 5.25. The fraction of sp³-hybridized carbons (Fsp3) is 0.588. The van der Waals surface area contributed by atoms with Crippen LogP contribution in [0.2, 0.25) is 0 Å². The molecule has 0 aromatic heterocycles. The Labute approximate surface area is 127 Å². The number of piperidine rings is 1. The molecule has 0 spiro atoms. The maximum absolute atomic E-state index is 11.9. The summed E-state index contributed by atoms with van der Waals surface area (Å²) in [7, 11) is 0. The van der Waals surface area contributed by atoms with Crippen molar-refractivity contribution in [1.82, 2.24) is 10.2 Å². The average molecular weight is 290 g/mol. The summed E-state index contributed by atoms with van der Waals surface area (Å²) in [6, 6.07) is 9.76. The minimum atomic E-state index is -0.448. The topological polar surface area (TPSA) is 52.6 Å². The van der Waals surface area contributed by atoms with E-state index in [0.717, 1.165) is 44.5 Å². The lowest BCUT2D eigenvalue weighted by Gasteiger charge is -2.32. The van der Waals surface area contributed by atoms with E-state index in [2.05, 4.69) is 17.1 Å². The van der Waals surface area contributed by atoms with E-state index in [9.17, 15) is 9.90 Å². The summed E-state index contributed by atoms with van der Waals surface area (Å²) in [6.07, 6.45) is 2.30. The molecule has 0 unspecified atom stereocenters. The smallest absolute Gasteiger partial charge is 0.223 e. The molecule has 1 heterocycles. The second kappa shape index (κ2) is 8.15. The number of carbonyl (C=O) groups is 1. The number of hydrogen-bond donors (Lipinski definition) is 2. The first-order chi connectivity index (χ1) is 10.2. The number of benzene rings is 1. The van der Waals surface area contributed by atoms with Crippen LogP contribution in [-0.4, -0.2) is 42.1 Å². The number of nitrogens with zero attached hydrogens (tertiary/aromatic N) is 1. The summed E-state index contributed by atoms with van der Waals surface area (Å²) in [5.41, 5.74) is 0.959. The fourth-order valence-corrected chi connectivity index (χ4v) is 2.80. The van der Waals surface area contributed by atoms with Crippen molar-refractivity contribution in [1.29, 1.82) is 0 Å². The lowest BCUT2D eigenvalue weighted by Crippen LogP contribution is -2.42. The lowest BCUT2D eigenvalue weighted by molar-refractivity contribution is -0.126. The van der Waals surface area contributed by atoms with Crippen molar-refractivity contribution in [2.75, 3.05) is 26.2 Å². The molecular weight excluding hydrogens is 264 g/mol. The molecule has 1 amide bonds. The van der Waals surface area contributed by atoms with Gasteiger partial charge < -0.3 is 15.3 Å². The van der Waals surface area contributed by atoms with Gasteiger partial charge in [0.05, 0.1) is 6.10 Å². The van der Waals surface area contributed by atoms with Gasteiger partial charge in [-0.05, 0) is 37.9 Å². The van der Waals surface area contributed by atoms with Crippen LogP contribution in [0.3, 0.4) is 0 Å². The number of likely N-dealkylation sites (tertiary alicyclic amines) is 1. The summed E-state index contributed by atoms with van der Waals surface area (Å²) < 4.78 is 0. The Morgan fingerprint density at radius 1 is 1.33 bits per heavy atom. The highest BCUT2D eigenvalue weighted by Crippen LogP contribution is 2.20. The van der Waals surface area contributed by atoms with Crippen molar-refractivity contribution in [3.05, 3.63) is 35.9 Å². The van der Waals surface area contributed by atoms with Crippen molar-refractivity contribution in [2.45, 2.75) is 32.3 Å². The van der Waals surface area contributed by atoms with Gasteiger partial charge in [0.15, 0.2) is 0 Å². The number of amides is 1. The molecule has 1 aliphatic heterocycles. The molecule has 0 radical (unpaired) electrons. The third kappa shape index (κ3) is 4.83. The van der Waals surface area contributed by atoms with Gasteiger partial charge in [0.25, 0.3) is 0 Å². The molecule has 2 rings (SSSR count). The molecule has 0 saturated carbocycles. The van der Waals surface area contributed by atoms with E-state index in [1.165, 1.54) is 0 Å². The Hall–Kier alpha value is -1.39. The van der Waals surface area contributed by atoms with Gasteiger partial charge in [-0.15, -0.1) is 0 Å².